The molecule has 0 aliphatic carbocycles. The van der Waals surface area contributed by atoms with Crippen molar-refractivity contribution >= 4 is 16.9 Å². The average molecular weight is 330 g/mol. The van der Waals surface area contributed by atoms with Crippen molar-refractivity contribution in [2.45, 2.75) is 44.8 Å². The van der Waals surface area contributed by atoms with Gasteiger partial charge in [-0.05, 0) is 33.6 Å². The van der Waals surface area contributed by atoms with Gasteiger partial charge in [-0.15, -0.1) is 0 Å². The molecule has 0 amide bonds. The van der Waals surface area contributed by atoms with Crippen molar-refractivity contribution in [2.75, 3.05) is 37.7 Å². The van der Waals surface area contributed by atoms with Gasteiger partial charge in [0.25, 0.3) is 0 Å². The number of hydrogen-bond acceptors (Lipinski definition) is 6. The fourth-order valence-electron chi connectivity index (χ4n) is 3.73. The van der Waals surface area contributed by atoms with Gasteiger partial charge in [-0.25, -0.2) is 14.6 Å². The molecule has 130 valence electrons. The second kappa shape index (κ2) is 5.67. The molecule has 7 heteroatoms. The fourth-order valence-corrected chi connectivity index (χ4v) is 3.73. The van der Waals surface area contributed by atoms with Crippen molar-refractivity contribution in [1.29, 1.82) is 0 Å². The van der Waals surface area contributed by atoms with E-state index in [9.17, 15) is 0 Å². The summed E-state index contributed by atoms with van der Waals surface area (Å²) in [6.07, 6.45) is 5.61. The second-order valence-electron chi connectivity index (χ2n) is 7.86. The molecule has 0 radical (unpaired) electrons. The lowest BCUT2D eigenvalue weighted by Gasteiger charge is -2.44. The number of ether oxygens (including phenoxy) is 1. The summed E-state index contributed by atoms with van der Waals surface area (Å²) in [5, 5.41) is 9.06. The van der Waals surface area contributed by atoms with Gasteiger partial charge in [0, 0.05) is 26.2 Å². The summed E-state index contributed by atoms with van der Waals surface area (Å²) < 4.78 is 8.07. The van der Waals surface area contributed by atoms with Crippen LogP contribution in [0, 0.1) is 0 Å². The van der Waals surface area contributed by atoms with Gasteiger partial charge in [0.1, 0.15) is 12.1 Å². The predicted octanol–water partition coefficient (Wildman–Crippen LogP) is 1.54. The molecule has 2 aliphatic rings. The zero-order valence-corrected chi connectivity index (χ0v) is 14.7. The third-order valence-electron chi connectivity index (χ3n) is 5.09. The van der Waals surface area contributed by atoms with Gasteiger partial charge in [0.15, 0.2) is 5.65 Å². The lowest BCUT2D eigenvalue weighted by Crippen LogP contribution is -2.55. The van der Waals surface area contributed by atoms with Crippen LogP contribution in [0.15, 0.2) is 12.5 Å². The van der Waals surface area contributed by atoms with Gasteiger partial charge in [0.05, 0.1) is 29.3 Å². The number of aromatic nitrogens is 4. The van der Waals surface area contributed by atoms with Gasteiger partial charge in [-0.3, -0.25) is 0 Å². The van der Waals surface area contributed by atoms with E-state index in [1.165, 1.54) is 0 Å². The van der Waals surface area contributed by atoms with E-state index in [2.05, 4.69) is 46.1 Å². The van der Waals surface area contributed by atoms with Gasteiger partial charge in [0.2, 0.25) is 0 Å². The summed E-state index contributed by atoms with van der Waals surface area (Å²) in [7, 11) is 0. The monoisotopic (exact) mass is 330 g/mol. The summed E-state index contributed by atoms with van der Waals surface area (Å²) >= 11 is 0. The third-order valence-corrected chi connectivity index (χ3v) is 5.09. The summed E-state index contributed by atoms with van der Waals surface area (Å²) in [5.74, 6) is 0.995. The van der Waals surface area contributed by atoms with Crippen LogP contribution >= 0.6 is 0 Å². The maximum absolute atomic E-state index is 6.09. The molecule has 2 aromatic rings. The van der Waals surface area contributed by atoms with Crippen molar-refractivity contribution in [3.8, 4) is 0 Å². The average Bonchev–Trinajstić information content (AvgIpc) is 3.01. The van der Waals surface area contributed by atoms with E-state index in [-0.39, 0.29) is 11.1 Å². The Kier molecular flexibility index (Phi) is 3.73. The summed E-state index contributed by atoms with van der Waals surface area (Å²) in [5.41, 5.74) is 0.820. The molecule has 2 aliphatic heterocycles. The summed E-state index contributed by atoms with van der Waals surface area (Å²) in [4.78, 5) is 11.4. The minimum absolute atomic E-state index is 0.0104. The number of anilines is 1. The molecule has 0 atom stereocenters. The number of hydrogen-bond donors (Lipinski definition) is 1. The Morgan fingerprint density at radius 1 is 1.21 bits per heavy atom. The van der Waals surface area contributed by atoms with Gasteiger partial charge in [-0.1, -0.05) is 0 Å². The quantitative estimate of drug-likeness (QED) is 0.855. The van der Waals surface area contributed by atoms with E-state index in [0.29, 0.717) is 0 Å². The minimum atomic E-state index is -0.0963. The molecule has 4 heterocycles. The number of nitrogens with one attached hydrogen (secondary N) is 1. The summed E-state index contributed by atoms with van der Waals surface area (Å²) in [6.45, 7) is 11.1. The Bertz CT molecular complexity index is 718. The topological polar surface area (TPSA) is 68.1 Å². The molecular formula is C17H26N6O. The Morgan fingerprint density at radius 2 is 2.00 bits per heavy atom. The van der Waals surface area contributed by atoms with Crippen LogP contribution in [0.1, 0.15) is 33.6 Å². The zero-order valence-electron chi connectivity index (χ0n) is 14.7. The largest absolute Gasteiger partial charge is 0.372 e. The smallest absolute Gasteiger partial charge is 0.163 e. The molecule has 1 N–H and O–H groups in total. The third kappa shape index (κ3) is 2.65. The van der Waals surface area contributed by atoms with Crippen LogP contribution in [0.2, 0.25) is 0 Å². The Balaban J connectivity index is 1.60. The Morgan fingerprint density at radius 3 is 2.67 bits per heavy atom. The molecule has 0 aromatic carbocycles. The Labute approximate surface area is 142 Å². The van der Waals surface area contributed by atoms with Crippen molar-refractivity contribution in [3.63, 3.8) is 0 Å². The second-order valence-corrected chi connectivity index (χ2v) is 7.86. The number of morpholine rings is 1. The summed E-state index contributed by atoms with van der Waals surface area (Å²) in [6, 6.07) is 0. The van der Waals surface area contributed by atoms with Gasteiger partial charge in [-0.2, -0.15) is 5.10 Å². The van der Waals surface area contributed by atoms with Crippen molar-refractivity contribution < 1.29 is 4.74 Å². The maximum Gasteiger partial charge on any atom is 0.163 e. The number of fused-ring (bicyclic) bond motifs is 1. The van der Waals surface area contributed by atoms with E-state index >= 15 is 0 Å². The van der Waals surface area contributed by atoms with Crippen LogP contribution in [0.5, 0.6) is 0 Å². The lowest BCUT2D eigenvalue weighted by atomic mass is 9.90. The molecule has 2 fully saturated rings. The minimum Gasteiger partial charge on any atom is -0.372 e. The van der Waals surface area contributed by atoms with E-state index < -0.39 is 0 Å². The van der Waals surface area contributed by atoms with E-state index in [0.717, 1.165) is 62.5 Å². The fraction of sp³-hybridized carbons (Fsp3) is 0.706. The van der Waals surface area contributed by atoms with Crippen LogP contribution < -0.4 is 10.2 Å². The molecule has 4 rings (SSSR count). The number of nitrogens with zero attached hydrogens (tertiary/aromatic N) is 5. The molecule has 0 saturated carbocycles. The van der Waals surface area contributed by atoms with E-state index in [4.69, 9.17) is 4.74 Å². The normalized spacial score (nSPS) is 21.5. The number of rotatable bonds is 1. The highest BCUT2D eigenvalue weighted by atomic mass is 16.5. The van der Waals surface area contributed by atoms with E-state index in [1.807, 2.05) is 10.9 Å². The first kappa shape index (κ1) is 15.8. The lowest BCUT2D eigenvalue weighted by molar-refractivity contribution is -0.0800. The highest BCUT2D eigenvalue weighted by Crippen LogP contribution is 2.32. The maximum atomic E-state index is 6.09. The van der Waals surface area contributed by atoms with Crippen LogP contribution in [0.4, 0.5) is 5.82 Å². The predicted molar refractivity (Wildman–Crippen MR) is 93.3 cm³/mol. The van der Waals surface area contributed by atoms with Gasteiger partial charge < -0.3 is 15.0 Å². The molecule has 24 heavy (non-hydrogen) atoms. The molecule has 0 bridgehead atoms. The zero-order chi connectivity index (χ0) is 16.8. The van der Waals surface area contributed by atoms with Crippen molar-refractivity contribution in [3.05, 3.63) is 12.5 Å². The molecule has 2 saturated heterocycles. The highest BCUT2D eigenvalue weighted by molar-refractivity contribution is 5.86. The van der Waals surface area contributed by atoms with Crippen LogP contribution in [0.3, 0.4) is 0 Å². The molecule has 7 nitrogen and oxygen atoms in total. The Hall–Kier alpha value is -1.73. The molecule has 0 unspecified atom stereocenters. The first-order valence-corrected chi connectivity index (χ1v) is 8.77. The van der Waals surface area contributed by atoms with E-state index in [1.54, 1.807) is 6.33 Å². The molecule has 2 aromatic heterocycles. The first-order valence-electron chi connectivity index (χ1n) is 8.77. The molecular weight excluding hydrogens is 304 g/mol. The SMILES string of the molecule is CC(C)(C)n1ncc2c(N3CCC4(CC3)CNCCO4)ncnc21. The highest BCUT2D eigenvalue weighted by Gasteiger charge is 2.37. The van der Waals surface area contributed by atoms with Crippen LogP contribution in [-0.4, -0.2) is 58.1 Å². The standard InChI is InChI=1S/C17H26N6O/c1-16(2,3)23-15-13(10-21-23)14(19-12-20-15)22-7-4-17(5-8-22)11-18-6-9-24-17/h10,12,18H,4-9,11H2,1-3H3. The van der Waals surface area contributed by atoms with Crippen LogP contribution in [0.25, 0.3) is 11.0 Å². The van der Waals surface area contributed by atoms with Crippen LogP contribution in [-0.2, 0) is 10.3 Å². The van der Waals surface area contributed by atoms with Crippen molar-refractivity contribution in [2.24, 2.45) is 0 Å². The first-order chi connectivity index (χ1) is 11.5. The van der Waals surface area contributed by atoms with Gasteiger partial charge >= 0.3 is 0 Å². The molecule has 1 spiro atoms. The van der Waals surface area contributed by atoms with Crippen molar-refractivity contribution in [1.82, 2.24) is 25.1 Å². The number of piperidine rings is 1.